The summed E-state index contributed by atoms with van der Waals surface area (Å²) in [5.41, 5.74) is 5.57. The van der Waals surface area contributed by atoms with E-state index in [1.807, 2.05) is 43.3 Å². The van der Waals surface area contributed by atoms with Crippen LogP contribution in [-0.2, 0) is 9.53 Å². The minimum Gasteiger partial charge on any atom is -0.457 e. The fourth-order valence-corrected chi connectivity index (χ4v) is 4.44. The molecule has 1 aliphatic rings. The molecule has 0 aliphatic carbocycles. The second-order valence-electron chi connectivity index (χ2n) is 6.22. The Morgan fingerprint density at radius 1 is 1.08 bits per heavy atom. The second-order valence-corrected chi connectivity index (χ2v) is 8.34. The fraction of sp³-hybridized carbons (Fsp3) is 0.143. The van der Waals surface area contributed by atoms with Gasteiger partial charge in [-0.1, -0.05) is 57.9 Å². The Labute approximate surface area is 164 Å². The zero-order chi connectivity index (χ0) is 18.3. The highest BCUT2D eigenvalue weighted by Crippen LogP contribution is 2.41. The van der Waals surface area contributed by atoms with Crippen molar-refractivity contribution in [3.8, 4) is 11.3 Å². The number of nitrogens with zero attached hydrogens (tertiary/aromatic N) is 1. The third-order valence-corrected chi connectivity index (χ3v) is 5.79. The molecule has 0 radical (unpaired) electrons. The molecule has 2 heterocycles. The van der Waals surface area contributed by atoms with Crippen LogP contribution >= 0.6 is 27.3 Å². The van der Waals surface area contributed by atoms with Crippen LogP contribution in [0.15, 0.2) is 53.0 Å². The summed E-state index contributed by atoms with van der Waals surface area (Å²) in [5, 5.41) is 0.927. The van der Waals surface area contributed by atoms with Crippen LogP contribution in [0, 0.1) is 13.8 Å². The molecule has 3 nitrogen and oxygen atoms in total. The van der Waals surface area contributed by atoms with E-state index < -0.39 is 0 Å². The molecule has 0 fully saturated rings. The first kappa shape index (κ1) is 17.2. The van der Waals surface area contributed by atoms with Gasteiger partial charge in [0.05, 0.1) is 21.2 Å². The summed E-state index contributed by atoms with van der Waals surface area (Å²) in [6, 6.07) is 16.2. The van der Waals surface area contributed by atoms with Gasteiger partial charge in [0.2, 0.25) is 0 Å². The SMILES string of the molecule is Cc1ccc(-c2nc(C)sc2C2=C(c3cccc(Br)c3)COC2=O)cc1. The molecule has 130 valence electrons. The van der Waals surface area contributed by atoms with E-state index in [4.69, 9.17) is 9.72 Å². The van der Waals surface area contributed by atoms with Crippen molar-refractivity contribution in [2.75, 3.05) is 6.61 Å². The van der Waals surface area contributed by atoms with E-state index in [-0.39, 0.29) is 12.6 Å². The van der Waals surface area contributed by atoms with Crippen molar-refractivity contribution < 1.29 is 9.53 Å². The second kappa shape index (κ2) is 6.82. The van der Waals surface area contributed by atoms with E-state index >= 15 is 0 Å². The minimum absolute atomic E-state index is 0.281. The Hall–Kier alpha value is -2.24. The molecule has 0 spiro atoms. The number of esters is 1. The van der Waals surface area contributed by atoms with Gasteiger partial charge in [0, 0.05) is 15.6 Å². The molecule has 0 atom stereocenters. The van der Waals surface area contributed by atoms with Gasteiger partial charge in [-0.25, -0.2) is 9.78 Å². The smallest absolute Gasteiger partial charge is 0.340 e. The number of benzene rings is 2. The number of ether oxygens (including phenoxy) is 1. The largest absolute Gasteiger partial charge is 0.457 e. The van der Waals surface area contributed by atoms with E-state index in [1.54, 1.807) is 0 Å². The van der Waals surface area contributed by atoms with Crippen molar-refractivity contribution in [2.45, 2.75) is 13.8 Å². The number of cyclic esters (lactones) is 1. The molecule has 1 aromatic heterocycles. The lowest BCUT2D eigenvalue weighted by molar-refractivity contribution is -0.133. The first-order valence-corrected chi connectivity index (χ1v) is 9.85. The molecular weight excluding hydrogens is 410 g/mol. The maximum absolute atomic E-state index is 12.6. The number of carbonyl (C=O) groups is 1. The molecule has 1 aliphatic heterocycles. The van der Waals surface area contributed by atoms with Crippen LogP contribution in [-0.4, -0.2) is 17.6 Å². The molecule has 3 aromatic rings. The third kappa shape index (κ3) is 3.13. The molecule has 5 heteroatoms. The first-order chi connectivity index (χ1) is 12.5. The Morgan fingerprint density at radius 3 is 2.58 bits per heavy atom. The first-order valence-electron chi connectivity index (χ1n) is 8.24. The Morgan fingerprint density at radius 2 is 1.85 bits per heavy atom. The predicted octanol–water partition coefficient (Wildman–Crippen LogP) is 5.66. The maximum Gasteiger partial charge on any atom is 0.340 e. The third-order valence-electron chi connectivity index (χ3n) is 4.31. The lowest BCUT2D eigenvalue weighted by Gasteiger charge is -2.06. The zero-order valence-electron chi connectivity index (χ0n) is 14.4. The number of rotatable bonds is 3. The van der Waals surface area contributed by atoms with Crippen molar-refractivity contribution in [1.29, 1.82) is 0 Å². The van der Waals surface area contributed by atoms with Crippen LogP contribution in [0.5, 0.6) is 0 Å². The standard InChI is InChI=1S/C21H16BrNO2S/c1-12-6-8-14(9-7-12)19-20(26-13(2)23-19)18-17(11-25-21(18)24)15-4-3-5-16(22)10-15/h3-10H,11H2,1-2H3. The number of thiazole rings is 1. The summed E-state index contributed by atoms with van der Waals surface area (Å²) in [6.45, 7) is 4.31. The fourth-order valence-electron chi connectivity index (χ4n) is 3.04. The summed E-state index contributed by atoms with van der Waals surface area (Å²) in [7, 11) is 0. The summed E-state index contributed by atoms with van der Waals surface area (Å²) < 4.78 is 6.37. The quantitative estimate of drug-likeness (QED) is 0.508. The summed E-state index contributed by atoms with van der Waals surface area (Å²) in [4.78, 5) is 18.2. The van der Waals surface area contributed by atoms with Gasteiger partial charge in [0.1, 0.15) is 6.61 Å². The topological polar surface area (TPSA) is 39.2 Å². The summed E-state index contributed by atoms with van der Waals surface area (Å²) in [5.74, 6) is -0.281. The Balaban J connectivity index is 1.92. The van der Waals surface area contributed by atoms with Crippen molar-refractivity contribution in [3.63, 3.8) is 0 Å². The van der Waals surface area contributed by atoms with E-state index in [9.17, 15) is 4.79 Å². The van der Waals surface area contributed by atoms with Gasteiger partial charge >= 0.3 is 5.97 Å². The average Bonchev–Trinajstić information content (AvgIpc) is 3.18. The monoisotopic (exact) mass is 425 g/mol. The van der Waals surface area contributed by atoms with Crippen LogP contribution in [0.3, 0.4) is 0 Å². The molecule has 0 amide bonds. The van der Waals surface area contributed by atoms with Crippen LogP contribution in [0.4, 0.5) is 0 Å². The summed E-state index contributed by atoms with van der Waals surface area (Å²) in [6.07, 6.45) is 0. The Bertz CT molecular complexity index is 1030. The number of hydrogen-bond acceptors (Lipinski definition) is 4. The van der Waals surface area contributed by atoms with Crippen molar-refractivity contribution in [1.82, 2.24) is 4.98 Å². The highest BCUT2D eigenvalue weighted by Gasteiger charge is 2.31. The number of aromatic nitrogens is 1. The molecule has 0 bridgehead atoms. The van der Waals surface area contributed by atoms with Crippen molar-refractivity contribution >= 4 is 44.4 Å². The van der Waals surface area contributed by atoms with Crippen LogP contribution < -0.4 is 0 Å². The number of aryl methyl sites for hydroxylation is 2. The molecule has 0 unspecified atom stereocenters. The highest BCUT2D eigenvalue weighted by atomic mass is 79.9. The van der Waals surface area contributed by atoms with E-state index in [0.29, 0.717) is 5.57 Å². The molecule has 0 saturated carbocycles. The zero-order valence-corrected chi connectivity index (χ0v) is 16.8. The number of carbonyl (C=O) groups excluding carboxylic acids is 1. The summed E-state index contributed by atoms with van der Waals surface area (Å²) >= 11 is 5.04. The molecule has 26 heavy (non-hydrogen) atoms. The van der Waals surface area contributed by atoms with E-state index in [1.165, 1.54) is 16.9 Å². The molecule has 4 rings (SSSR count). The van der Waals surface area contributed by atoms with Crippen LogP contribution in [0.2, 0.25) is 0 Å². The van der Waals surface area contributed by atoms with Gasteiger partial charge < -0.3 is 4.74 Å². The lowest BCUT2D eigenvalue weighted by Crippen LogP contribution is -1.98. The average molecular weight is 426 g/mol. The van der Waals surface area contributed by atoms with Crippen LogP contribution in [0.1, 0.15) is 21.0 Å². The number of halogens is 1. The van der Waals surface area contributed by atoms with Gasteiger partial charge in [-0.05, 0) is 31.5 Å². The van der Waals surface area contributed by atoms with Gasteiger partial charge in [0.25, 0.3) is 0 Å². The molecule has 0 N–H and O–H groups in total. The molecule has 0 saturated heterocycles. The van der Waals surface area contributed by atoms with Gasteiger partial charge in [-0.3, -0.25) is 0 Å². The highest BCUT2D eigenvalue weighted by molar-refractivity contribution is 9.10. The Kier molecular flexibility index (Phi) is 4.51. The van der Waals surface area contributed by atoms with Gasteiger partial charge in [-0.15, -0.1) is 11.3 Å². The van der Waals surface area contributed by atoms with Gasteiger partial charge in [-0.2, -0.15) is 0 Å². The van der Waals surface area contributed by atoms with E-state index in [0.717, 1.165) is 36.8 Å². The predicted molar refractivity (Wildman–Crippen MR) is 109 cm³/mol. The minimum atomic E-state index is -0.281. The lowest BCUT2D eigenvalue weighted by atomic mass is 9.98. The van der Waals surface area contributed by atoms with Crippen molar-refractivity contribution in [2.24, 2.45) is 0 Å². The van der Waals surface area contributed by atoms with Gasteiger partial charge in [0.15, 0.2) is 0 Å². The normalized spacial score (nSPS) is 14.0. The number of hydrogen-bond donors (Lipinski definition) is 0. The maximum atomic E-state index is 12.6. The van der Waals surface area contributed by atoms with Crippen LogP contribution in [0.25, 0.3) is 22.4 Å². The van der Waals surface area contributed by atoms with E-state index in [2.05, 4.69) is 35.0 Å². The molecular formula is C21H16BrNO2S. The molecule has 2 aromatic carbocycles. The van der Waals surface area contributed by atoms with Crippen molar-refractivity contribution in [3.05, 3.63) is 74.0 Å².